The first-order valence-electron chi connectivity index (χ1n) is 6.70. The summed E-state index contributed by atoms with van der Waals surface area (Å²) in [5, 5.41) is 18.8. The van der Waals surface area contributed by atoms with Gasteiger partial charge in [-0.15, -0.1) is 0 Å². The molecular formula is C13H21N3O2. The fourth-order valence-corrected chi connectivity index (χ4v) is 2.43. The van der Waals surface area contributed by atoms with E-state index in [9.17, 15) is 4.79 Å². The van der Waals surface area contributed by atoms with E-state index in [1.54, 1.807) is 0 Å². The van der Waals surface area contributed by atoms with Gasteiger partial charge in [-0.3, -0.25) is 9.89 Å². The van der Waals surface area contributed by atoms with Crippen LogP contribution < -0.4 is 5.32 Å². The number of rotatable bonds is 5. The highest BCUT2D eigenvalue weighted by Crippen LogP contribution is 2.22. The van der Waals surface area contributed by atoms with E-state index in [0.29, 0.717) is 12.1 Å². The van der Waals surface area contributed by atoms with E-state index in [-0.39, 0.29) is 18.6 Å². The molecule has 0 aliphatic heterocycles. The number of H-pyrrole nitrogens is 1. The zero-order valence-electron chi connectivity index (χ0n) is 10.8. The Morgan fingerprint density at radius 2 is 2.28 bits per heavy atom. The Morgan fingerprint density at radius 3 is 3.06 bits per heavy atom. The minimum Gasteiger partial charge on any atom is -0.396 e. The number of carbonyl (C=O) groups excluding carboxylic acids is 1. The molecule has 100 valence electrons. The normalized spacial score (nSPS) is 16.1. The summed E-state index contributed by atoms with van der Waals surface area (Å²) >= 11 is 0. The number of hydrogen-bond acceptors (Lipinski definition) is 3. The third kappa shape index (κ3) is 2.90. The summed E-state index contributed by atoms with van der Waals surface area (Å²) in [6.45, 7) is 2.12. The molecule has 3 N–H and O–H groups in total. The summed E-state index contributed by atoms with van der Waals surface area (Å²) in [5.41, 5.74) is 2.77. The maximum atomic E-state index is 12.1. The first-order valence-corrected chi connectivity index (χ1v) is 6.70. The number of fused-ring (bicyclic) bond motifs is 1. The van der Waals surface area contributed by atoms with Crippen molar-refractivity contribution in [3.05, 3.63) is 17.0 Å². The van der Waals surface area contributed by atoms with E-state index in [4.69, 9.17) is 5.11 Å². The van der Waals surface area contributed by atoms with E-state index < -0.39 is 0 Å². The zero-order valence-corrected chi connectivity index (χ0v) is 10.8. The molecule has 1 atom stereocenters. The van der Waals surface area contributed by atoms with E-state index in [2.05, 4.69) is 15.5 Å². The van der Waals surface area contributed by atoms with E-state index in [1.165, 1.54) is 6.42 Å². The first-order chi connectivity index (χ1) is 8.72. The predicted octanol–water partition coefficient (Wildman–Crippen LogP) is 1.18. The van der Waals surface area contributed by atoms with Crippen molar-refractivity contribution < 1.29 is 9.90 Å². The summed E-state index contributed by atoms with van der Waals surface area (Å²) in [7, 11) is 0. The van der Waals surface area contributed by atoms with Crippen LogP contribution in [0.1, 0.15) is 54.4 Å². The van der Waals surface area contributed by atoms with Crippen LogP contribution in [0.2, 0.25) is 0 Å². The van der Waals surface area contributed by atoms with Crippen LogP contribution in [0.5, 0.6) is 0 Å². The maximum absolute atomic E-state index is 12.1. The quantitative estimate of drug-likeness (QED) is 0.735. The highest BCUT2D eigenvalue weighted by molar-refractivity contribution is 5.94. The molecule has 5 heteroatoms. The smallest absolute Gasteiger partial charge is 0.272 e. The molecule has 1 aromatic heterocycles. The molecular weight excluding hydrogens is 230 g/mol. The van der Waals surface area contributed by atoms with Crippen molar-refractivity contribution >= 4 is 5.91 Å². The van der Waals surface area contributed by atoms with E-state index in [0.717, 1.165) is 36.9 Å². The molecule has 0 spiro atoms. The number of aromatic nitrogens is 2. The van der Waals surface area contributed by atoms with Gasteiger partial charge in [-0.2, -0.15) is 5.10 Å². The lowest BCUT2D eigenvalue weighted by Gasteiger charge is -2.14. The third-order valence-corrected chi connectivity index (χ3v) is 3.44. The molecule has 1 amide bonds. The third-order valence-electron chi connectivity index (χ3n) is 3.44. The van der Waals surface area contributed by atoms with Crippen LogP contribution in [-0.2, 0) is 12.8 Å². The second-order valence-electron chi connectivity index (χ2n) is 4.98. The molecule has 1 heterocycles. The Kier molecular flexibility index (Phi) is 4.36. The van der Waals surface area contributed by atoms with Crippen molar-refractivity contribution in [3.8, 4) is 0 Å². The maximum Gasteiger partial charge on any atom is 0.272 e. The van der Waals surface area contributed by atoms with Gasteiger partial charge in [0.1, 0.15) is 0 Å². The number of aliphatic hydroxyl groups excluding tert-OH is 1. The largest absolute Gasteiger partial charge is 0.396 e. The number of aliphatic hydroxyl groups is 1. The Bertz CT molecular complexity index is 414. The Labute approximate surface area is 107 Å². The van der Waals surface area contributed by atoms with E-state index in [1.807, 2.05) is 6.92 Å². The SMILES string of the molecule is CC(CCCO)NC(=O)c1n[nH]c2c1CCCC2. The Balaban J connectivity index is 1.98. The fraction of sp³-hybridized carbons (Fsp3) is 0.692. The van der Waals surface area contributed by atoms with Crippen LogP contribution in [0.25, 0.3) is 0 Å². The summed E-state index contributed by atoms with van der Waals surface area (Å²) in [4.78, 5) is 12.1. The number of aryl methyl sites for hydroxylation is 1. The molecule has 0 fully saturated rings. The second kappa shape index (κ2) is 6.00. The van der Waals surface area contributed by atoms with Gasteiger partial charge >= 0.3 is 0 Å². The van der Waals surface area contributed by atoms with Gasteiger partial charge in [0.25, 0.3) is 5.91 Å². The van der Waals surface area contributed by atoms with Gasteiger partial charge in [-0.05, 0) is 45.4 Å². The lowest BCUT2D eigenvalue weighted by atomic mass is 9.95. The second-order valence-corrected chi connectivity index (χ2v) is 4.98. The predicted molar refractivity (Wildman–Crippen MR) is 68.5 cm³/mol. The van der Waals surface area contributed by atoms with Crippen LogP contribution in [0.4, 0.5) is 0 Å². The topological polar surface area (TPSA) is 78.0 Å². The lowest BCUT2D eigenvalue weighted by molar-refractivity contribution is 0.0930. The summed E-state index contributed by atoms with van der Waals surface area (Å²) in [6.07, 6.45) is 5.74. The standard InChI is InChI=1S/C13H21N3O2/c1-9(5-4-8-17)14-13(18)12-10-6-2-3-7-11(10)15-16-12/h9,17H,2-8H2,1H3,(H,14,18)(H,15,16). The molecule has 2 rings (SSSR count). The molecule has 5 nitrogen and oxygen atoms in total. The van der Waals surface area contributed by atoms with Gasteiger partial charge in [0.2, 0.25) is 0 Å². The number of hydrogen-bond donors (Lipinski definition) is 3. The molecule has 1 aliphatic rings. The van der Waals surface area contributed by atoms with Gasteiger partial charge < -0.3 is 10.4 Å². The van der Waals surface area contributed by atoms with E-state index >= 15 is 0 Å². The van der Waals surface area contributed by atoms with Gasteiger partial charge in [0.05, 0.1) is 0 Å². The van der Waals surface area contributed by atoms with Gasteiger partial charge in [-0.25, -0.2) is 0 Å². The van der Waals surface area contributed by atoms with Gasteiger partial charge in [0, 0.05) is 23.9 Å². The summed E-state index contributed by atoms with van der Waals surface area (Å²) in [6, 6.07) is 0.0700. The number of nitrogens with one attached hydrogen (secondary N) is 2. The van der Waals surface area contributed by atoms with Gasteiger partial charge in [0.15, 0.2) is 5.69 Å². The summed E-state index contributed by atoms with van der Waals surface area (Å²) < 4.78 is 0. The molecule has 0 bridgehead atoms. The molecule has 0 saturated heterocycles. The molecule has 0 radical (unpaired) electrons. The highest BCUT2D eigenvalue weighted by atomic mass is 16.3. The molecule has 1 aliphatic carbocycles. The van der Waals surface area contributed by atoms with Crippen molar-refractivity contribution in [2.75, 3.05) is 6.61 Å². The fourth-order valence-electron chi connectivity index (χ4n) is 2.43. The number of nitrogens with zero attached hydrogens (tertiary/aromatic N) is 1. The minimum atomic E-state index is -0.0974. The number of carbonyl (C=O) groups is 1. The monoisotopic (exact) mass is 251 g/mol. The number of amides is 1. The molecule has 18 heavy (non-hydrogen) atoms. The molecule has 0 aromatic carbocycles. The van der Waals surface area contributed by atoms with Crippen LogP contribution >= 0.6 is 0 Å². The van der Waals surface area contributed by atoms with Crippen molar-refractivity contribution in [3.63, 3.8) is 0 Å². The van der Waals surface area contributed by atoms with Crippen LogP contribution in [-0.4, -0.2) is 33.9 Å². The minimum absolute atomic E-state index is 0.0700. The van der Waals surface area contributed by atoms with Crippen LogP contribution in [0.3, 0.4) is 0 Å². The highest BCUT2D eigenvalue weighted by Gasteiger charge is 2.22. The van der Waals surface area contributed by atoms with Crippen molar-refractivity contribution in [1.82, 2.24) is 15.5 Å². The van der Waals surface area contributed by atoms with Crippen LogP contribution in [0, 0.1) is 0 Å². The zero-order chi connectivity index (χ0) is 13.0. The van der Waals surface area contributed by atoms with Crippen molar-refractivity contribution in [2.24, 2.45) is 0 Å². The number of aromatic amines is 1. The van der Waals surface area contributed by atoms with Crippen molar-refractivity contribution in [2.45, 2.75) is 51.5 Å². The lowest BCUT2D eigenvalue weighted by Crippen LogP contribution is -2.33. The molecule has 0 saturated carbocycles. The van der Waals surface area contributed by atoms with Crippen LogP contribution in [0.15, 0.2) is 0 Å². The molecule has 1 aromatic rings. The van der Waals surface area contributed by atoms with Crippen molar-refractivity contribution in [1.29, 1.82) is 0 Å². The Hall–Kier alpha value is -1.36. The average Bonchev–Trinajstić information content (AvgIpc) is 2.80. The average molecular weight is 251 g/mol. The first kappa shape index (κ1) is 13.1. The summed E-state index contributed by atoms with van der Waals surface area (Å²) in [5.74, 6) is -0.0974. The Morgan fingerprint density at radius 1 is 1.50 bits per heavy atom. The van der Waals surface area contributed by atoms with Gasteiger partial charge in [-0.1, -0.05) is 0 Å². The molecule has 1 unspecified atom stereocenters.